The molecule has 0 atom stereocenters. The zero-order chi connectivity index (χ0) is 19.9. The Balaban J connectivity index is 1.61. The zero-order valence-electron chi connectivity index (χ0n) is 15.7. The summed E-state index contributed by atoms with van der Waals surface area (Å²) >= 11 is 1.25. The topological polar surface area (TPSA) is 88.9 Å². The van der Waals surface area contributed by atoms with Crippen molar-refractivity contribution in [2.75, 3.05) is 11.1 Å². The third kappa shape index (κ3) is 4.77. The fourth-order valence-electron chi connectivity index (χ4n) is 2.68. The monoisotopic (exact) mass is 395 g/mol. The van der Waals surface area contributed by atoms with Crippen LogP contribution in [0.25, 0.3) is 11.4 Å². The van der Waals surface area contributed by atoms with Gasteiger partial charge < -0.3 is 9.88 Å². The summed E-state index contributed by atoms with van der Waals surface area (Å²) in [6.07, 6.45) is 0. The minimum atomic E-state index is -0.561. The van der Waals surface area contributed by atoms with E-state index in [1.165, 1.54) is 11.8 Å². The van der Waals surface area contributed by atoms with Gasteiger partial charge in [0.1, 0.15) is 0 Å². The Kier molecular flexibility index (Phi) is 6.44. The maximum absolute atomic E-state index is 12.1. The summed E-state index contributed by atoms with van der Waals surface area (Å²) in [4.78, 5) is 24.0. The molecule has 0 saturated carbocycles. The number of thioether (sulfide) groups is 1. The third-order valence-electron chi connectivity index (χ3n) is 4.04. The number of aromatic nitrogens is 3. The molecule has 0 saturated heterocycles. The molecular weight excluding hydrogens is 374 g/mol. The van der Waals surface area contributed by atoms with Crippen molar-refractivity contribution in [2.24, 2.45) is 0 Å². The number of rotatable bonds is 6. The summed E-state index contributed by atoms with van der Waals surface area (Å²) in [5.41, 5.74) is 2.74. The maximum atomic E-state index is 12.1. The Labute approximate surface area is 167 Å². The van der Waals surface area contributed by atoms with E-state index < -0.39 is 11.9 Å². The fourth-order valence-corrected chi connectivity index (χ4v) is 3.48. The van der Waals surface area contributed by atoms with E-state index in [1.54, 1.807) is 24.3 Å². The van der Waals surface area contributed by atoms with E-state index in [0.29, 0.717) is 17.4 Å². The number of carbonyl (C=O) groups is 2. The van der Waals surface area contributed by atoms with Crippen LogP contribution in [0.3, 0.4) is 0 Å². The van der Waals surface area contributed by atoms with Crippen molar-refractivity contribution in [3.8, 4) is 11.4 Å². The summed E-state index contributed by atoms with van der Waals surface area (Å²) in [6, 6.07) is 16.3. The van der Waals surface area contributed by atoms with E-state index in [0.717, 1.165) is 17.0 Å². The van der Waals surface area contributed by atoms with Crippen molar-refractivity contribution < 1.29 is 9.59 Å². The number of imide groups is 1. The number of carbonyl (C=O) groups excluding carboxylic acids is 2. The molecule has 0 bridgehead atoms. The van der Waals surface area contributed by atoms with Crippen LogP contribution in [0.1, 0.15) is 12.5 Å². The van der Waals surface area contributed by atoms with E-state index in [1.807, 2.05) is 48.7 Å². The molecule has 3 amide bonds. The highest BCUT2D eigenvalue weighted by atomic mass is 32.2. The average Bonchev–Trinajstić information content (AvgIpc) is 3.10. The molecule has 28 heavy (non-hydrogen) atoms. The van der Waals surface area contributed by atoms with E-state index in [-0.39, 0.29) is 5.75 Å². The van der Waals surface area contributed by atoms with Gasteiger partial charge in [-0.2, -0.15) is 0 Å². The van der Waals surface area contributed by atoms with Gasteiger partial charge in [0, 0.05) is 17.8 Å². The van der Waals surface area contributed by atoms with Crippen molar-refractivity contribution in [2.45, 2.75) is 25.5 Å². The average molecular weight is 395 g/mol. The lowest BCUT2D eigenvalue weighted by Crippen LogP contribution is -2.35. The molecule has 3 rings (SSSR count). The van der Waals surface area contributed by atoms with Crippen molar-refractivity contribution in [1.82, 2.24) is 20.1 Å². The van der Waals surface area contributed by atoms with Crippen LogP contribution in [0.5, 0.6) is 0 Å². The number of hydrogen-bond donors (Lipinski definition) is 2. The first kappa shape index (κ1) is 19.6. The van der Waals surface area contributed by atoms with Crippen LogP contribution in [-0.2, 0) is 11.3 Å². The molecule has 0 radical (unpaired) electrons. The van der Waals surface area contributed by atoms with Gasteiger partial charge in [-0.15, -0.1) is 10.2 Å². The zero-order valence-corrected chi connectivity index (χ0v) is 16.5. The highest BCUT2D eigenvalue weighted by molar-refractivity contribution is 7.99. The minimum Gasteiger partial charge on any atom is -0.308 e. The van der Waals surface area contributed by atoms with E-state index >= 15 is 0 Å². The van der Waals surface area contributed by atoms with Gasteiger partial charge in [-0.25, -0.2) is 4.79 Å². The van der Waals surface area contributed by atoms with Gasteiger partial charge in [0.15, 0.2) is 11.0 Å². The maximum Gasteiger partial charge on any atom is 0.325 e. The van der Waals surface area contributed by atoms with Crippen LogP contribution < -0.4 is 10.6 Å². The van der Waals surface area contributed by atoms with Crippen molar-refractivity contribution >= 4 is 29.4 Å². The molecule has 0 fully saturated rings. The molecule has 0 aliphatic rings. The molecule has 1 aromatic heterocycles. The summed E-state index contributed by atoms with van der Waals surface area (Å²) < 4.78 is 1.96. The quantitative estimate of drug-likeness (QED) is 0.621. The van der Waals surface area contributed by atoms with E-state index in [4.69, 9.17) is 0 Å². The van der Waals surface area contributed by atoms with Crippen LogP contribution >= 0.6 is 11.8 Å². The molecule has 0 spiro atoms. The van der Waals surface area contributed by atoms with Gasteiger partial charge in [-0.3, -0.25) is 10.1 Å². The fraction of sp³-hybridized carbons (Fsp3) is 0.200. The predicted molar refractivity (Wildman–Crippen MR) is 110 cm³/mol. The third-order valence-corrected chi connectivity index (χ3v) is 5.00. The van der Waals surface area contributed by atoms with Gasteiger partial charge in [-0.05, 0) is 31.5 Å². The number of hydrogen-bond acceptors (Lipinski definition) is 5. The van der Waals surface area contributed by atoms with Crippen LogP contribution in [-0.4, -0.2) is 32.5 Å². The van der Waals surface area contributed by atoms with Crippen molar-refractivity contribution in [3.05, 3.63) is 60.2 Å². The first-order valence-corrected chi connectivity index (χ1v) is 9.85. The predicted octanol–water partition coefficient (Wildman–Crippen LogP) is 3.71. The van der Waals surface area contributed by atoms with Gasteiger partial charge in [0.2, 0.25) is 5.91 Å². The van der Waals surface area contributed by atoms with Gasteiger partial charge >= 0.3 is 6.03 Å². The van der Waals surface area contributed by atoms with Crippen LogP contribution in [0, 0.1) is 6.92 Å². The second-order valence-electron chi connectivity index (χ2n) is 6.02. The van der Waals surface area contributed by atoms with Gasteiger partial charge in [0.05, 0.1) is 5.75 Å². The number of nitrogens with zero attached hydrogens (tertiary/aromatic N) is 3. The Bertz CT molecular complexity index is 972. The van der Waals surface area contributed by atoms with E-state index in [9.17, 15) is 9.59 Å². The number of para-hydroxylation sites is 1. The number of benzene rings is 2. The molecule has 2 aromatic carbocycles. The second kappa shape index (κ2) is 9.18. The number of urea groups is 1. The Morgan fingerprint density at radius 1 is 1.04 bits per heavy atom. The molecule has 0 unspecified atom stereocenters. The van der Waals surface area contributed by atoms with Gasteiger partial charge in [0.25, 0.3) is 0 Å². The molecule has 8 heteroatoms. The second-order valence-corrected chi connectivity index (χ2v) is 6.96. The molecule has 0 aliphatic carbocycles. The standard InChI is InChI=1S/C20H21N5O2S/c1-3-25-18(16-12-8-7-9-14(16)2)23-24-20(25)28-13-17(26)22-19(27)21-15-10-5-4-6-11-15/h4-12H,3,13H2,1-2H3,(H2,21,22,26,27). The van der Waals surface area contributed by atoms with Gasteiger partial charge in [-0.1, -0.05) is 54.2 Å². The van der Waals surface area contributed by atoms with Crippen molar-refractivity contribution in [1.29, 1.82) is 0 Å². The van der Waals surface area contributed by atoms with Crippen LogP contribution in [0.2, 0.25) is 0 Å². The van der Waals surface area contributed by atoms with Crippen LogP contribution in [0.4, 0.5) is 10.5 Å². The molecule has 2 N–H and O–H groups in total. The number of aryl methyl sites for hydroxylation is 1. The lowest BCUT2D eigenvalue weighted by atomic mass is 10.1. The molecule has 1 heterocycles. The summed E-state index contributed by atoms with van der Waals surface area (Å²) in [5, 5.41) is 14.1. The smallest absolute Gasteiger partial charge is 0.308 e. The highest BCUT2D eigenvalue weighted by Crippen LogP contribution is 2.26. The number of amides is 3. The minimum absolute atomic E-state index is 0.0636. The lowest BCUT2D eigenvalue weighted by Gasteiger charge is -2.09. The largest absolute Gasteiger partial charge is 0.325 e. The first-order valence-electron chi connectivity index (χ1n) is 8.86. The summed E-state index contributed by atoms with van der Waals surface area (Å²) in [5.74, 6) is 0.431. The summed E-state index contributed by atoms with van der Waals surface area (Å²) in [6.45, 7) is 4.70. The number of nitrogens with one attached hydrogen (secondary N) is 2. The number of anilines is 1. The Hall–Kier alpha value is -3.13. The molecule has 7 nitrogen and oxygen atoms in total. The molecule has 0 aliphatic heterocycles. The molecule has 144 valence electrons. The SMILES string of the molecule is CCn1c(SCC(=O)NC(=O)Nc2ccccc2)nnc1-c1ccccc1C. The molecular formula is C20H21N5O2S. The van der Waals surface area contributed by atoms with Crippen LogP contribution in [0.15, 0.2) is 59.8 Å². The Morgan fingerprint density at radius 3 is 2.46 bits per heavy atom. The lowest BCUT2D eigenvalue weighted by molar-refractivity contribution is -0.117. The van der Waals surface area contributed by atoms with Crippen molar-refractivity contribution in [3.63, 3.8) is 0 Å². The van der Waals surface area contributed by atoms with E-state index in [2.05, 4.69) is 20.8 Å². The normalized spacial score (nSPS) is 10.5. The summed E-state index contributed by atoms with van der Waals surface area (Å²) in [7, 11) is 0. The molecule has 3 aromatic rings. The first-order chi connectivity index (χ1) is 13.6. The Morgan fingerprint density at radius 2 is 1.75 bits per heavy atom. The highest BCUT2D eigenvalue weighted by Gasteiger charge is 2.16.